The SMILES string of the molecule is CCOc1ccc(NC(=O)CSc2nc(-c3ccco3)nc3ccccc23)c([N+](=O)[O-])c1. The smallest absolute Gasteiger partial charge is 0.296 e. The van der Waals surface area contributed by atoms with Crippen LogP contribution in [-0.2, 0) is 4.79 Å². The fourth-order valence-corrected chi connectivity index (χ4v) is 3.84. The van der Waals surface area contributed by atoms with E-state index in [0.717, 1.165) is 10.9 Å². The molecule has 0 saturated heterocycles. The number of nitrogens with one attached hydrogen (secondary N) is 1. The first-order valence-electron chi connectivity index (χ1n) is 9.69. The molecule has 1 amide bonds. The number of nitro benzene ring substituents is 1. The van der Waals surface area contributed by atoms with Gasteiger partial charge in [-0.15, -0.1) is 0 Å². The van der Waals surface area contributed by atoms with Crippen molar-refractivity contribution >= 4 is 39.9 Å². The third-order valence-corrected chi connectivity index (χ3v) is 5.39. The van der Waals surface area contributed by atoms with Crippen molar-refractivity contribution in [3.8, 4) is 17.3 Å². The number of nitro groups is 1. The van der Waals surface area contributed by atoms with E-state index in [2.05, 4.69) is 15.3 Å². The summed E-state index contributed by atoms with van der Waals surface area (Å²) in [5.74, 6) is 0.906. The molecule has 1 N–H and O–H groups in total. The van der Waals surface area contributed by atoms with Crippen molar-refractivity contribution < 1.29 is 18.9 Å². The van der Waals surface area contributed by atoms with Crippen LogP contribution in [-0.4, -0.2) is 33.2 Å². The minimum atomic E-state index is -0.557. The molecule has 0 aliphatic rings. The molecule has 2 aromatic carbocycles. The maximum atomic E-state index is 12.6. The Labute approximate surface area is 187 Å². The van der Waals surface area contributed by atoms with E-state index >= 15 is 0 Å². The molecule has 4 aromatic rings. The number of carbonyl (C=O) groups excluding carboxylic acids is 1. The molecule has 9 nitrogen and oxygen atoms in total. The molecule has 32 heavy (non-hydrogen) atoms. The fraction of sp³-hybridized carbons (Fsp3) is 0.136. The van der Waals surface area contributed by atoms with E-state index in [-0.39, 0.29) is 17.1 Å². The second-order valence-corrected chi connectivity index (χ2v) is 7.52. The van der Waals surface area contributed by atoms with E-state index in [1.807, 2.05) is 24.3 Å². The summed E-state index contributed by atoms with van der Waals surface area (Å²) < 4.78 is 10.7. The molecule has 4 rings (SSSR count). The lowest BCUT2D eigenvalue weighted by Crippen LogP contribution is -2.15. The van der Waals surface area contributed by atoms with Gasteiger partial charge in [0.15, 0.2) is 11.6 Å². The summed E-state index contributed by atoms with van der Waals surface area (Å²) in [5, 5.41) is 15.4. The second kappa shape index (κ2) is 9.48. The molecule has 0 bridgehead atoms. The Hall–Kier alpha value is -3.92. The molecule has 2 aromatic heterocycles. The van der Waals surface area contributed by atoms with Crippen molar-refractivity contribution in [2.24, 2.45) is 0 Å². The topological polar surface area (TPSA) is 120 Å². The number of furan rings is 1. The van der Waals surface area contributed by atoms with Crippen LogP contribution in [0.1, 0.15) is 6.92 Å². The van der Waals surface area contributed by atoms with Gasteiger partial charge in [0.25, 0.3) is 5.69 Å². The minimum Gasteiger partial charge on any atom is -0.494 e. The van der Waals surface area contributed by atoms with Crippen molar-refractivity contribution in [2.45, 2.75) is 11.9 Å². The van der Waals surface area contributed by atoms with E-state index in [9.17, 15) is 14.9 Å². The van der Waals surface area contributed by atoms with Gasteiger partial charge in [-0.05, 0) is 37.3 Å². The highest BCUT2D eigenvalue weighted by atomic mass is 32.2. The van der Waals surface area contributed by atoms with Gasteiger partial charge < -0.3 is 14.5 Å². The Kier molecular flexibility index (Phi) is 6.31. The molecular formula is C22H18N4O5S. The standard InChI is InChI=1S/C22H18N4O5S/c1-2-30-14-9-10-17(18(12-14)26(28)29)23-20(27)13-32-22-15-6-3-4-7-16(15)24-21(25-22)19-8-5-11-31-19/h3-12H,2,13H2,1H3,(H,23,27). The summed E-state index contributed by atoms with van der Waals surface area (Å²) in [6.45, 7) is 2.17. The predicted molar refractivity (Wildman–Crippen MR) is 121 cm³/mol. The van der Waals surface area contributed by atoms with Gasteiger partial charge in [0.2, 0.25) is 5.91 Å². The molecule has 2 heterocycles. The van der Waals surface area contributed by atoms with Gasteiger partial charge in [0.05, 0.1) is 35.1 Å². The van der Waals surface area contributed by atoms with E-state index in [1.54, 1.807) is 25.1 Å². The first kappa shape index (κ1) is 21.3. The van der Waals surface area contributed by atoms with Crippen LogP contribution in [0.5, 0.6) is 5.75 Å². The number of carbonyl (C=O) groups is 1. The number of benzene rings is 2. The molecule has 0 unspecified atom stereocenters. The highest BCUT2D eigenvalue weighted by Crippen LogP contribution is 2.31. The number of nitrogens with zero attached hydrogens (tertiary/aromatic N) is 3. The Balaban J connectivity index is 1.54. The number of fused-ring (bicyclic) bond motifs is 1. The first-order chi connectivity index (χ1) is 15.5. The van der Waals surface area contributed by atoms with E-state index in [1.165, 1.54) is 30.2 Å². The number of thioether (sulfide) groups is 1. The number of aromatic nitrogens is 2. The van der Waals surface area contributed by atoms with Crippen LogP contribution in [0.15, 0.2) is 70.3 Å². The maximum absolute atomic E-state index is 12.6. The Bertz CT molecular complexity index is 1280. The van der Waals surface area contributed by atoms with Crippen LogP contribution in [0.3, 0.4) is 0 Å². The summed E-state index contributed by atoms with van der Waals surface area (Å²) >= 11 is 1.21. The molecule has 0 saturated carbocycles. The number of hydrogen-bond acceptors (Lipinski definition) is 8. The maximum Gasteiger partial charge on any atom is 0.296 e. The van der Waals surface area contributed by atoms with Gasteiger partial charge in [-0.25, -0.2) is 9.97 Å². The molecule has 0 radical (unpaired) electrons. The molecule has 162 valence electrons. The zero-order chi connectivity index (χ0) is 22.5. The van der Waals surface area contributed by atoms with Crippen molar-refractivity contribution in [3.63, 3.8) is 0 Å². The summed E-state index contributed by atoms with van der Waals surface area (Å²) in [4.78, 5) is 32.5. The van der Waals surface area contributed by atoms with Crippen molar-refractivity contribution in [3.05, 3.63) is 71.0 Å². The number of para-hydroxylation sites is 1. The average Bonchev–Trinajstić information content (AvgIpc) is 3.33. The lowest BCUT2D eigenvalue weighted by molar-refractivity contribution is -0.384. The van der Waals surface area contributed by atoms with E-state index in [4.69, 9.17) is 9.15 Å². The molecule has 0 atom stereocenters. The number of ether oxygens (including phenoxy) is 1. The summed E-state index contributed by atoms with van der Waals surface area (Å²) in [5.41, 5.74) is 0.591. The van der Waals surface area contributed by atoms with Gasteiger partial charge in [0.1, 0.15) is 16.5 Å². The van der Waals surface area contributed by atoms with Crippen LogP contribution in [0.4, 0.5) is 11.4 Å². The van der Waals surface area contributed by atoms with Crippen molar-refractivity contribution in [1.29, 1.82) is 0 Å². The highest BCUT2D eigenvalue weighted by molar-refractivity contribution is 8.00. The zero-order valence-corrected chi connectivity index (χ0v) is 17.8. The lowest BCUT2D eigenvalue weighted by atomic mass is 10.2. The van der Waals surface area contributed by atoms with E-state index in [0.29, 0.717) is 29.0 Å². The fourth-order valence-electron chi connectivity index (χ4n) is 3.02. The third kappa shape index (κ3) is 4.70. The van der Waals surface area contributed by atoms with Crippen LogP contribution in [0, 0.1) is 10.1 Å². The zero-order valence-electron chi connectivity index (χ0n) is 17.0. The Morgan fingerprint density at radius 2 is 2.03 bits per heavy atom. The molecule has 0 fully saturated rings. The van der Waals surface area contributed by atoms with Gasteiger partial charge in [-0.3, -0.25) is 14.9 Å². The van der Waals surface area contributed by atoms with Crippen LogP contribution in [0.2, 0.25) is 0 Å². The molecule has 0 aliphatic heterocycles. The molecular weight excluding hydrogens is 432 g/mol. The number of amides is 1. The van der Waals surface area contributed by atoms with Gasteiger partial charge >= 0.3 is 0 Å². The summed E-state index contributed by atoms with van der Waals surface area (Å²) in [6.07, 6.45) is 1.54. The lowest BCUT2D eigenvalue weighted by Gasteiger charge is -2.09. The van der Waals surface area contributed by atoms with Gasteiger partial charge in [0, 0.05) is 5.39 Å². The number of rotatable bonds is 8. The molecule has 0 spiro atoms. The van der Waals surface area contributed by atoms with Crippen molar-refractivity contribution in [1.82, 2.24) is 9.97 Å². The monoisotopic (exact) mass is 450 g/mol. The third-order valence-electron chi connectivity index (χ3n) is 4.40. The number of anilines is 1. The second-order valence-electron chi connectivity index (χ2n) is 6.55. The quantitative estimate of drug-likeness (QED) is 0.174. The van der Waals surface area contributed by atoms with Gasteiger partial charge in [-0.2, -0.15) is 0 Å². The average molecular weight is 450 g/mol. The van der Waals surface area contributed by atoms with Crippen molar-refractivity contribution in [2.75, 3.05) is 17.7 Å². The highest BCUT2D eigenvalue weighted by Gasteiger charge is 2.18. The Morgan fingerprint density at radius 3 is 2.78 bits per heavy atom. The Morgan fingerprint density at radius 1 is 1.19 bits per heavy atom. The predicted octanol–water partition coefficient (Wildman–Crippen LogP) is 4.93. The summed E-state index contributed by atoms with van der Waals surface area (Å²) in [6, 6.07) is 15.3. The normalized spacial score (nSPS) is 10.8. The molecule has 0 aliphatic carbocycles. The van der Waals surface area contributed by atoms with Crippen LogP contribution >= 0.6 is 11.8 Å². The van der Waals surface area contributed by atoms with Crippen LogP contribution in [0.25, 0.3) is 22.5 Å². The van der Waals surface area contributed by atoms with E-state index < -0.39 is 10.8 Å². The summed E-state index contributed by atoms with van der Waals surface area (Å²) in [7, 11) is 0. The molecule has 10 heteroatoms. The first-order valence-corrected chi connectivity index (χ1v) is 10.7. The largest absolute Gasteiger partial charge is 0.494 e. The van der Waals surface area contributed by atoms with Gasteiger partial charge in [-0.1, -0.05) is 30.0 Å². The number of hydrogen-bond donors (Lipinski definition) is 1. The minimum absolute atomic E-state index is 0.00294. The van der Waals surface area contributed by atoms with Crippen LogP contribution < -0.4 is 10.1 Å².